The Bertz CT molecular complexity index is 1020. The highest BCUT2D eigenvalue weighted by Crippen LogP contribution is 2.55. The fourth-order valence-corrected chi connectivity index (χ4v) is 7.82. The molecule has 5 N–H and O–H groups in total. The van der Waals surface area contributed by atoms with Gasteiger partial charge in [-0.2, -0.15) is 0 Å². The smallest absolute Gasteiger partial charge is 0.223 e. The molecule has 6 atom stereocenters. The minimum Gasteiger partial charge on any atom is -0.490 e. The van der Waals surface area contributed by atoms with E-state index in [1.54, 1.807) is 7.11 Å². The van der Waals surface area contributed by atoms with Crippen molar-refractivity contribution in [3.63, 3.8) is 0 Å². The van der Waals surface area contributed by atoms with Crippen LogP contribution in [0, 0.1) is 29.6 Å². The summed E-state index contributed by atoms with van der Waals surface area (Å²) in [6, 6.07) is 5.15. The number of carbonyl (C=O) groups is 1. The first kappa shape index (κ1) is 33.8. The fraction of sp³-hybridized carbons (Fsp3) is 0.794. The number of hydrogen-bond acceptors (Lipinski definition) is 8. The molecule has 1 amide bonds. The Morgan fingerprint density at radius 1 is 1.07 bits per heavy atom. The van der Waals surface area contributed by atoms with Crippen molar-refractivity contribution in [3.05, 3.63) is 18.2 Å². The molecule has 0 radical (unpaired) electrons. The van der Waals surface area contributed by atoms with Crippen molar-refractivity contribution >= 4 is 5.91 Å². The first-order valence-corrected chi connectivity index (χ1v) is 16.6. The minimum absolute atomic E-state index is 0.00212. The first-order chi connectivity index (χ1) is 20.6. The standard InChI is InChI=1S/C34H56N2O7/c1-6-23(33(38)36-32-24-13-22-14-25(32)20-34(39,18-22)19-24)15-28(37)27(35)17-30(21(3)4)43-26-9-10-29(41-7-2)31(16-26)42-12-8-11-40-5/h9-10,16,21-25,27-28,30,32,37,39H,6-8,11-15,17-20,35H2,1-5H3,(H,36,38)/t22?,23-,24?,25?,27+,28+,30+,32?,34?/m1/s1. The van der Waals surface area contributed by atoms with Crippen LogP contribution in [0.4, 0.5) is 0 Å². The molecule has 4 aliphatic rings. The normalized spacial score (nSPS) is 28.8. The second-order valence-electron chi connectivity index (χ2n) is 13.7. The molecule has 9 nitrogen and oxygen atoms in total. The van der Waals surface area contributed by atoms with Crippen molar-refractivity contribution in [2.75, 3.05) is 26.9 Å². The first-order valence-electron chi connectivity index (χ1n) is 16.6. The van der Waals surface area contributed by atoms with Crippen molar-refractivity contribution in [2.45, 2.75) is 115 Å². The molecule has 0 heterocycles. The van der Waals surface area contributed by atoms with E-state index < -0.39 is 17.7 Å². The minimum atomic E-state index is -0.834. The number of aliphatic hydroxyl groups is 2. The summed E-state index contributed by atoms with van der Waals surface area (Å²) in [5.74, 6) is 3.06. The maximum atomic E-state index is 13.4. The zero-order valence-electron chi connectivity index (χ0n) is 26.9. The highest BCUT2D eigenvalue weighted by atomic mass is 16.5. The maximum absolute atomic E-state index is 13.4. The summed E-state index contributed by atoms with van der Waals surface area (Å²) in [6.45, 7) is 9.71. The Kier molecular flexibility index (Phi) is 12.0. The van der Waals surface area contributed by atoms with E-state index in [1.165, 1.54) is 0 Å². The van der Waals surface area contributed by atoms with Crippen molar-refractivity contribution in [3.8, 4) is 17.2 Å². The maximum Gasteiger partial charge on any atom is 0.223 e. The average Bonchev–Trinajstić information content (AvgIpc) is 2.95. The largest absolute Gasteiger partial charge is 0.490 e. The molecule has 4 bridgehead atoms. The summed E-state index contributed by atoms with van der Waals surface area (Å²) in [5.41, 5.74) is 6.02. The van der Waals surface area contributed by atoms with E-state index >= 15 is 0 Å². The number of ether oxygens (including phenoxy) is 4. The molecule has 4 aliphatic carbocycles. The summed E-state index contributed by atoms with van der Waals surface area (Å²) >= 11 is 0. The molecular formula is C34H56N2O7. The SMILES string of the molecule is CCOc1ccc(O[C@@H](C[C@H](N)[C@@H](O)C[C@@H](CC)C(=O)NC2C3CC4CC2CC(O)(C4)C3)C(C)C)cc1OCCCOC. The Labute approximate surface area is 258 Å². The Hall–Kier alpha value is -2.07. The lowest BCUT2D eigenvalue weighted by molar-refractivity contribution is -0.148. The molecule has 244 valence electrons. The van der Waals surface area contributed by atoms with Crippen LogP contribution in [-0.4, -0.2) is 72.9 Å². The molecule has 5 rings (SSSR count). The number of carbonyl (C=O) groups excluding carboxylic acids is 1. The van der Waals surface area contributed by atoms with Gasteiger partial charge in [0, 0.05) is 50.6 Å². The number of amides is 1. The van der Waals surface area contributed by atoms with Gasteiger partial charge in [0.1, 0.15) is 11.9 Å². The highest BCUT2D eigenvalue weighted by Gasteiger charge is 2.55. The van der Waals surface area contributed by atoms with Crippen LogP contribution in [-0.2, 0) is 9.53 Å². The molecule has 4 fully saturated rings. The zero-order valence-corrected chi connectivity index (χ0v) is 26.9. The lowest BCUT2D eigenvalue weighted by Gasteiger charge is -2.58. The topological polar surface area (TPSA) is 132 Å². The third-order valence-corrected chi connectivity index (χ3v) is 9.93. The van der Waals surface area contributed by atoms with E-state index in [0.29, 0.717) is 74.1 Å². The molecular weight excluding hydrogens is 548 g/mol. The van der Waals surface area contributed by atoms with Crippen LogP contribution in [0.5, 0.6) is 17.2 Å². The molecule has 0 aromatic heterocycles. The molecule has 4 saturated carbocycles. The van der Waals surface area contributed by atoms with Crippen molar-refractivity contribution in [1.29, 1.82) is 0 Å². The number of benzene rings is 1. The van der Waals surface area contributed by atoms with E-state index in [1.807, 2.05) is 32.0 Å². The van der Waals surface area contributed by atoms with Gasteiger partial charge in [0.05, 0.1) is 24.9 Å². The van der Waals surface area contributed by atoms with Gasteiger partial charge in [-0.1, -0.05) is 20.8 Å². The van der Waals surface area contributed by atoms with Crippen LogP contribution in [0.15, 0.2) is 18.2 Å². The van der Waals surface area contributed by atoms with Crippen molar-refractivity contribution in [1.82, 2.24) is 5.32 Å². The number of nitrogens with two attached hydrogens (primary N) is 1. The van der Waals surface area contributed by atoms with Gasteiger partial charge in [0.25, 0.3) is 0 Å². The van der Waals surface area contributed by atoms with Crippen LogP contribution >= 0.6 is 0 Å². The monoisotopic (exact) mass is 604 g/mol. The molecule has 0 aliphatic heterocycles. The summed E-state index contributed by atoms with van der Waals surface area (Å²) in [6.07, 6.45) is 5.78. The summed E-state index contributed by atoms with van der Waals surface area (Å²) in [4.78, 5) is 13.4. The van der Waals surface area contributed by atoms with Gasteiger partial charge in [-0.25, -0.2) is 0 Å². The Balaban J connectivity index is 1.32. The number of aliphatic hydroxyl groups excluding tert-OH is 1. The lowest BCUT2D eigenvalue weighted by Crippen LogP contribution is -2.62. The predicted octanol–water partition coefficient (Wildman–Crippen LogP) is 4.45. The zero-order chi connectivity index (χ0) is 31.1. The van der Waals surface area contributed by atoms with E-state index in [0.717, 1.165) is 38.5 Å². The van der Waals surface area contributed by atoms with Crippen LogP contribution < -0.4 is 25.3 Å². The summed E-state index contributed by atoms with van der Waals surface area (Å²) in [5, 5.41) is 25.4. The number of rotatable bonds is 18. The summed E-state index contributed by atoms with van der Waals surface area (Å²) < 4.78 is 23.2. The predicted molar refractivity (Wildman–Crippen MR) is 166 cm³/mol. The van der Waals surface area contributed by atoms with Gasteiger partial charge in [-0.05, 0) is 87.7 Å². The van der Waals surface area contributed by atoms with E-state index in [2.05, 4.69) is 19.2 Å². The number of hydrogen-bond donors (Lipinski definition) is 4. The molecule has 0 spiro atoms. The molecule has 43 heavy (non-hydrogen) atoms. The van der Waals surface area contributed by atoms with Gasteiger partial charge in [0.15, 0.2) is 11.5 Å². The third-order valence-electron chi connectivity index (χ3n) is 9.93. The highest BCUT2D eigenvalue weighted by molar-refractivity contribution is 5.79. The quantitative estimate of drug-likeness (QED) is 0.181. The molecule has 1 aromatic carbocycles. The average molecular weight is 605 g/mol. The van der Waals surface area contributed by atoms with Crippen LogP contribution in [0.3, 0.4) is 0 Å². The van der Waals surface area contributed by atoms with E-state index in [4.69, 9.17) is 24.7 Å². The van der Waals surface area contributed by atoms with Gasteiger partial charge in [-0.3, -0.25) is 4.79 Å². The molecule has 2 unspecified atom stereocenters. The second-order valence-corrected chi connectivity index (χ2v) is 13.7. The fourth-order valence-electron chi connectivity index (χ4n) is 7.82. The van der Waals surface area contributed by atoms with Crippen LogP contribution in [0.25, 0.3) is 0 Å². The van der Waals surface area contributed by atoms with Crippen molar-refractivity contribution < 1.29 is 34.0 Å². The van der Waals surface area contributed by atoms with Crippen LogP contribution in [0.1, 0.15) is 85.5 Å². The molecule has 1 aromatic rings. The summed E-state index contributed by atoms with van der Waals surface area (Å²) in [7, 11) is 1.67. The molecule has 9 heteroatoms. The van der Waals surface area contributed by atoms with Gasteiger partial charge in [0.2, 0.25) is 5.91 Å². The Morgan fingerprint density at radius 2 is 1.79 bits per heavy atom. The van der Waals surface area contributed by atoms with Crippen LogP contribution in [0.2, 0.25) is 0 Å². The van der Waals surface area contributed by atoms with Gasteiger partial charge >= 0.3 is 0 Å². The number of nitrogens with one attached hydrogen (secondary N) is 1. The van der Waals surface area contributed by atoms with Gasteiger partial charge in [-0.15, -0.1) is 0 Å². The third kappa shape index (κ3) is 8.77. The number of methoxy groups -OCH3 is 1. The van der Waals surface area contributed by atoms with Gasteiger partial charge < -0.3 is 40.2 Å². The van der Waals surface area contributed by atoms with Crippen molar-refractivity contribution in [2.24, 2.45) is 35.3 Å². The second kappa shape index (κ2) is 15.3. The Morgan fingerprint density at radius 3 is 2.40 bits per heavy atom. The molecule has 0 saturated heterocycles. The lowest BCUT2D eigenvalue weighted by atomic mass is 9.52. The van der Waals surface area contributed by atoms with E-state index in [-0.39, 0.29) is 29.9 Å². The van der Waals surface area contributed by atoms with E-state index in [9.17, 15) is 15.0 Å².